The zero-order chi connectivity index (χ0) is 22.5. The second kappa shape index (κ2) is 8.05. The Balaban J connectivity index is 2.11. The van der Waals surface area contributed by atoms with Crippen molar-refractivity contribution < 1.29 is 35.9 Å². The van der Waals surface area contributed by atoms with E-state index in [1.807, 2.05) is 0 Å². The molecule has 4 atom stereocenters. The van der Waals surface area contributed by atoms with Crippen LogP contribution < -0.4 is 0 Å². The molecule has 0 spiro atoms. The van der Waals surface area contributed by atoms with E-state index < -0.39 is 59.4 Å². The highest BCUT2D eigenvalue weighted by Gasteiger charge is 2.75. The summed E-state index contributed by atoms with van der Waals surface area (Å²) in [4.78, 5) is 12.3. The molecule has 8 heteroatoms. The summed E-state index contributed by atoms with van der Waals surface area (Å²) in [5.74, 6) is -4.65. The van der Waals surface area contributed by atoms with Crippen molar-refractivity contribution in [2.45, 2.75) is 83.7 Å². The molecule has 3 saturated carbocycles. The van der Waals surface area contributed by atoms with E-state index in [9.17, 15) is 31.1 Å². The van der Waals surface area contributed by atoms with Crippen molar-refractivity contribution in [1.29, 1.82) is 0 Å². The average Bonchev–Trinajstić information content (AvgIpc) is 2.65. The first kappa shape index (κ1) is 23.5. The predicted molar refractivity (Wildman–Crippen MR) is 99.3 cm³/mol. The fraction of sp³-hybridized carbons (Fsp3) is 0.864. The Hall–Kier alpha value is -1.21. The topological polar surface area (TPSA) is 26.3 Å². The highest BCUT2D eigenvalue weighted by molar-refractivity contribution is 5.87. The third kappa shape index (κ3) is 3.77. The molecule has 0 aliphatic heterocycles. The van der Waals surface area contributed by atoms with Crippen molar-refractivity contribution in [2.75, 3.05) is 0 Å². The second-order valence-electron chi connectivity index (χ2n) is 9.60. The number of rotatable bonds is 3. The highest BCUT2D eigenvalue weighted by atomic mass is 19.4. The van der Waals surface area contributed by atoms with Crippen molar-refractivity contribution in [3.63, 3.8) is 0 Å². The van der Waals surface area contributed by atoms with Crippen LogP contribution in [0, 0.1) is 35.0 Å². The van der Waals surface area contributed by atoms with E-state index in [2.05, 4.69) is 6.58 Å². The zero-order valence-corrected chi connectivity index (χ0v) is 17.4. The van der Waals surface area contributed by atoms with Crippen molar-refractivity contribution in [2.24, 2.45) is 35.0 Å². The van der Waals surface area contributed by atoms with Gasteiger partial charge >= 0.3 is 18.3 Å². The van der Waals surface area contributed by atoms with Crippen LogP contribution in [0.4, 0.5) is 26.3 Å². The van der Waals surface area contributed by atoms with Gasteiger partial charge in [0.25, 0.3) is 0 Å². The van der Waals surface area contributed by atoms with Crippen LogP contribution in [-0.4, -0.2) is 24.4 Å². The normalized spacial score (nSPS) is 35.2. The Morgan fingerprint density at radius 1 is 0.800 bits per heavy atom. The second-order valence-corrected chi connectivity index (χ2v) is 9.60. The van der Waals surface area contributed by atoms with Gasteiger partial charge in [0.05, 0.1) is 0 Å². The Kier molecular flexibility index (Phi) is 6.29. The summed E-state index contributed by atoms with van der Waals surface area (Å²) in [5, 5.41) is 0. The van der Waals surface area contributed by atoms with E-state index in [1.165, 1.54) is 6.92 Å². The quantitative estimate of drug-likeness (QED) is 0.273. The van der Waals surface area contributed by atoms with Crippen LogP contribution in [0.25, 0.3) is 0 Å². The minimum atomic E-state index is -5.40. The molecule has 0 saturated heterocycles. The van der Waals surface area contributed by atoms with Gasteiger partial charge in [-0.1, -0.05) is 32.3 Å². The molecule has 3 rings (SSSR count). The monoisotopic (exact) mass is 440 g/mol. The first-order valence-corrected chi connectivity index (χ1v) is 10.8. The molecule has 0 radical (unpaired) electrons. The summed E-state index contributed by atoms with van der Waals surface area (Å²) in [5.41, 5.74) is -3.59. The van der Waals surface area contributed by atoms with Gasteiger partial charge in [-0.2, -0.15) is 26.3 Å². The van der Waals surface area contributed by atoms with Crippen molar-refractivity contribution in [3.05, 3.63) is 12.2 Å². The maximum Gasteiger partial charge on any atom is 0.403 e. The molecule has 172 valence electrons. The van der Waals surface area contributed by atoms with Crippen LogP contribution in [0.1, 0.15) is 65.2 Å². The lowest BCUT2D eigenvalue weighted by Gasteiger charge is -2.59. The average molecular weight is 440 g/mol. The molecule has 3 fully saturated rings. The van der Waals surface area contributed by atoms with E-state index in [-0.39, 0.29) is 5.57 Å². The SMILES string of the molecule is C=C(C)C(=O)OC1C2CCCCC2C(C(C)(C(F)(F)F)C(F)(F)F)C2CCCCC21. The fourth-order valence-corrected chi connectivity index (χ4v) is 6.51. The van der Waals surface area contributed by atoms with Crippen LogP contribution in [0.5, 0.6) is 0 Å². The van der Waals surface area contributed by atoms with E-state index in [0.717, 1.165) is 12.8 Å². The van der Waals surface area contributed by atoms with Crippen LogP contribution in [-0.2, 0) is 9.53 Å². The number of carbonyl (C=O) groups excluding carboxylic acids is 1. The van der Waals surface area contributed by atoms with E-state index >= 15 is 0 Å². The van der Waals surface area contributed by atoms with Crippen molar-refractivity contribution in [1.82, 2.24) is 0 Å². The summed E-state index contributed by atoms with van der Waals surface area (Å²) >= 11 is 0. The largest absolute Gasteiger partial charge is 0.458 e. The molecule has 0 aromatic rings. The lowest BCUT2D eigenvalue weighted by Crippen LogP contribution is -2.63. The van der Waals surface area contributed by atoms with Gasteiger partial charge in [-0.05, 0) is 69.1 Å². The van der Waals surface area contributed by atoms with Gasteiger partial charge in [0.15, 0.2) is 5.41 Å². The summed E-state index contributed by atoms with van der Waals surface area (Å²) in [6.45, 7) is 5.43. The molecule has 0 aromatic heterocycles. The standard InChI is InChI=1S/C22H30F6O2/c1-12(2)19(29)30-18-15-10-6-4-8-13(15)17(14-9-5-7-11-16(14)18)20(3,21(23,24)25)22(26,27)28/h13-18H,1,4-11H2,2-3H3. The van der Waals surface area contributed by atoms with Gasteiger partial charge in [-0.3, -0.25) is 0 Å². The fourth-order valence-electron chi connectivity index (χ4n) is 6.51. The minimum Gasteiger partial charge on any atom is -0.458 e. The first-order valence-electron chi connectivity index (χ1n) is 10.8. The summed E-state index contributed by atoms with van der Waals surface area (Å²) < 4.78 is 90.3. The van der Waals surface area contributed by atoms with Crippen LogP contribution in [0.15, 0.2) is 12.2 Å². The summed E-state index contributed by atoms with van der Waals surface area (Å²) in [6, 6.07) is 0. The number of esters is 1. The Morgan fingerprint density at radius 2 is 1.17 bits per heavy atom. The number of carbonyl (C=O) groups is 1. The Labute approximate surface area is 173 Å². The zero-order valence-electron chi connectivity index (χ0n) is 17.4. The lowest BCUT2D eigenvalue weighted by molar-refractivity contribution is -0.372. The van der Waals surface area contributed by atoms with Gasteiger partial charge in [-0.15, -0.1) is 0 Å². The third-order valence-electron chi connectivity index (χ3n) is 7.95. The molecule has 0 bridgehead atoms. The Bertz CT molecular complexity index is 630. The number of hydrogen-bond acceptors (Lipinski definition) is 2. The van der Waals surface area contributed by atoms with E-state index in [0.29, 0.717) is 45.4 Å². The number of ether oxygens (including phenoxy) is 1. The van der Waals surface area contributed by atoms with Gasteiger partial charge in [-0.25, -0.2) is 4.79 Å². The maximum atomic E-state index is 14.1. The van der Waals surface area contributed by atoms with Crippen molar-refractivity contribution >= 4 is 5.97 Å². The molecule has 0 N–H and O–H groups in total. The molecule has 0 amide bonds. The Morgan fingerprint density at radius 3 is 1.50 bits per heavy atom. The molecule has 0 aromatic carbocycles. The maximum absolute atomic E-state index is 14.1. The van der Waals surface area contributed by atoms with Gasteiger partial charge in [0.2, 0.25) is 0 Å². The van der Waals surface area contributed by atoms with E-state index in [1.54, 1.807) is 0 Å². The molecule has 0 heterocycles. The van der Waals surface area contributed by atoms with Gasteiger partial charge < -0.3 is 4.74 Å². The van der Waals surface area contributed by atoms with Gasteiger partial charge in [0.1, 0.15) is 6.10 Å². The number of halogens is 6. The lowest BCUT2D eigenvalue weighted by atomic mass is 9.47. The number of hydrogen-bond donors (Lipinski definition) is 0. The molecule has 3 aliphatic carbocycles. The number of fused-ring (bicyclic) bond motifs is 2. The number of alkyl halides is 6. The van der Waals surface area contributed by atoms with Crippen LogP contribution >= 0.6 is 0 Å². The molecule has 3 aliphatic rings. The van der Waals surface area contributed by atoms with Crippen LogP contribution in [0.3, 0.4) is 0 Å². The molecular formula is C22H30F6O2. The smallest absolute Gasteiger partial charge is 0.403 e. The minimum absolute atomic E-state index is 0.187. The predicted octanol–water partition coefficient (Wildman–Crippen LogP) is 6.85. The summed E-state index contributed by atoms with van der Waals surface area (Å²) in [6.07, 6.45) is -7.20. The van der Waals surface area contributed by atoms with Gasteiger partial charge in [0, 0.05) is 5.57 Å². The molecule has 4 unspecified atom stereocenters. The van der Waals surface area contributed by atoms with E-state index in [4.69, 9.17) is 4.74 Å². The third-order valence-corrected chi connectivity index (χ3v) is 7.95. The highest BCUT2D eigenvalue weighted by Crippen LogP contribution is 2.66. The van der Waals surface area contributed by atoms with Crippen molar-refractivity contribution in [3.8, 4) is 0 Å². The molecular weight excluding hydrogens is 410 g/mol. The summed E-state index contributed by atoms with van der Waals surface area (Å²) in [7, 11) is 0. The molecule has 2 nitrogen and oxygen atoms in total. The molecule has 30 heavy (non-hydrogen) atoms. The van der Waals surface area contributed by atoms with Crippen LogP contribution in [0.2, 0.25) is 0 Å². The first-order chi connectivity index (χ1) is 13.8.